The molecular weight excluding hydrogens is 403 g/mol. The second-order valence-electron chi connectivity index (χ2n) is 4.97. The number of esters is 3. The second-order valence-corrected chi connectivity index (χ2v) is 6.13. The Bertz CT molecular complexity index is 667. The Balaban J connectivity index is 2.34. The van der Waals surface area contributed by atoms with Crippen LogP contribution in [0.5, 0.6) is 0 Å². The summed E-state index contributed by atoms with van der Waals surface area (Å²) in [7, 11) is 1.30. The Morgan fingerprint density at radius 2 is 1.82 bits per heavy atom. The minimum atomic E-state index is -1.27. The van der Waals surface area contributed by atoms with Crippen LogP contribution in [0.25, 0.3) is 6.08 Å². The number of hydrogen-bond acceptors (Lipinski definition) is 6. The fourth-order valence-corrected chi connectivity index (χ4v) is 2.60. The van der Waals surface area contributed by atoms with Crippen molar-refractivity contribution in [2.75, 3.05) is 7.11 Å². The van der Waals surface area contributed by atoms with Crippen LogP contribution in [0.4, 0.5) is 0 Å². The van der Waals surface area contributed by atoms with E-state index in [-0.39, 0.29) is 5.57 Å². The lowest BCUT2D eigenvalue weighted by molar-refractivity contribution is -0.222. The zero-order valence-corrected chi connectivity index (χ0v) is 14.3. The van der Waals surface area contributed by atoms with Gasteiger partial charge in [0.25, 0.3) is 5.79 Å². The van der Waals surface area contributed by atoms with Crippen LogP contribution >= 0.6 is 22.6 Å². The van der Waals surface area contributed by atoms with Crippen molar-refractivity contribution in [1.82, 2.24) is 0 Å². The van der Waals surface area contributed by atoms with Gasteiger partial charge in [-0.15, -0.1) is 0 Å². The van der Waals surface area contributed by atoms with E-state index in [2.05, 4.69) is 4.74 Å². The van der Waals surface area contributed by atoms with Gasteiger partial charge < -0.3 is 14.2 Å². The highest BCUT2D eigenvalue weighted by atomic mass is 127. The van der Waals surface area contributed by atoms with Crippen LogP contribution in [0.3, 0.4) is 0 Å². The third-order valence-corrected chi connectivity index (χ3v) is 3.72. The second kappa shape index (κ2) is 6.07. The van der Waals surface area contributed by atoms with Crippen molar-refractivity contribution in [1.29, 1.82) is 0 Å². The molecule has 1 heterocycles. The number of hydrogen-bond donors (Lipinski definition) is 0. The smallest absolute Gasteiger partial charge is 0.348 e. The van der Waals surface area contributed by atoms with Gasteiger partial charge in [0.1, 0.15) is 5.57 Å². The van der Waals surface area contributed by atoms with Crippen LogP contribution in [-0.4, -0.2) is 30.8 Å². The fourth-order valence-electron chi connectivity index (χ4n) is 1.84. The molecule has 1 saturated heterocycles. The molecule has 6 nitrogen and oxygen atoms in total. The molecule has 0 unspecified atom stereocenters. The summed E-state index contributed by atoms with van der Waals surface area (Å²) in [5.41, 5.74) is 0.779. The molecule has 0 saturated carbocycles. The summed E-state index contributed by atoms with van der Waals surface area (Å²) in [5, 5.41) is 0. The van der Waals surface area contributed by atoms with Gasteiger partial charge in [0.15, 0.2) is 0 Å². The standard InChI is InChI=1S/C15H13IO6/c1-15(2)21-13(18)10(14(19)22-15)6-8-4-5-9(11(16)7-8)12(17)20-3/h4-7H,1-3H3. The van der Waals surface area contributed by atoms with Gasteiger partial charge >= 0.3 is 17.9 Å². The largest absolute Gasteiger partial charge is 0.465 e. The first kappa shape index (κ1) is 16.5. The zero-order valence-electron chi connectivity index (χ0n) is 12.1. The topological polar surface area (TPSA) is 78.9 Å². The molecule has 0 radical (unpaired) electrons. The van der Waals surface area contributed by atoms with Crippen molar-refractivity contribution < 1.29 is 28.6 Å². The van der Waals surface area contributed by atoms with E-state index < -0.39 is 23.7 Å². The maximum atomic E-state index is 11.9. The molecule has 116 valence electrons. The molecular formula is C15H13IO6. The SMILES string of the molecule is COC(=O)c1ccc(C=C2C(=O)OC(C)(C)OC2=O)cc1I. The van der Waals surface area contributed by atoms with E-state index in [1.807, 2.05) is 22.6 Å². The fraction of sp³-hybridized carbons (Fsp3) is 0.267. The Hall–Kier alpha value is -1.90. The third-order valence-electron chi connectivity index (χ3n) is 2.83. The molecule has 1 fully saturated rings. The maximum absolute atomic E-state index is 11.9. The molecule has 1 aliphatic heterocycles. The van der Waals surface area contributed by atoms with Gasteiger partial charge in [0.2, 0.25) is 0 Å². The van der Waals surface area contributed by atoms with Crippen molar-refractivity contribution >= 4 is 46.6 Å². The summed E-state index contributed by atoms with van der Waals surface area (Å²) in [6.45, 7) is 2.96. The highest BCUT2D eigenvalue weighted by Gasteiger charge is 2.38. The van der Waals surface area contributed by atoms with E-state index in [0.29, 0.717) is 14.7 Å². The summed E-state index contributed by atoms with van der Waals surface area (Å²) < 4.78 is 15.3. The van der Waals surface area contributed by atoms with Crippen LogP contribution < -0.4 is 0 Å². The normalized spacial score (nSPS) is 16.6. The lowest BCUT2D eigenvalue weighted by Crippen LogP contribution is -2.41. The number of ether oxygens (including phenoxy) is 3. The van der Waals surface area contributed by atoms with E-state index in [0.717, 1.165) is 0 Å². The Kier molecular flexibility index (Phi) is 4.55. The van der Waals surface area contributed by atoms with Gasteiger partial charge in [0.05, 0.1) is 12.7 Å². The number of methoxy groups -OCH3 is 1. The molecule has 1 aromatic carbocycles. The zero-order chi connectivity index (χ0) is 16.5. The molecule has 7 heteroatoms. The maximum Gasteiger partial charge on any atom is 0.348 e. The molecule has 0 N–H and O–H groups in total. The van der Waals surface area contributed by atoms with Crippen molar-refractivity contribution in [3.8, 4) is 0 Å². The lowest BCUT2D eigenvalue weighted by Gasteiger charge is -2.29. The van der Waals surface area contributed by atoms with E-state index in [4.69, 9.17) is 9.47 Å². The van der Waals surface area contributed by atoms with E-state index >= 15 is 0 Å². The van der Waals surface area contributed by atoms with E-state index in [9.17, 15) is 14.4 Å². The van der Waals surface area contributed by atoms with Crippen LogP contribution in [0.1, 0.15) is 29.8 Å². The predicted octanol–water partition coefficient (Wildman–Crippen LogP) is 2.30. The van der Waals surface area contributed by atoms with Crippen molar-refractivity contribution in [2.45, 2.75) is 19.6 Å². The summed E-state index contributed by atoms with van der Waals surface area (Å²) in [6, 6.07) is 4.81. The molecule has 22 heavy (non-hydrogen) atoms. The Labute approximate surface area is 140 Å². The van der Waals surface area contributed by atoms with E-state index in [1.54, 1.807) is 18.2 Å². The molecule has 0 aromatic heterocycles. The number of rotatable bonds is 2. The highest BCUT2D eigenvalue weighted by molar-refractivity contribution is 14.1. The average molecular weight is 416 g/mol. The first-order valence-corrected chi connectivity index (χ1v) is 7.37. The lowest BCUT2D eigenvalue weighted by atomic mass is 10.1. The van der Waals surface area contributed by atoms with Crippen molar-refractivity contribution in [3.05, 3.63) is 38.5 Å². The Morgan fingerprint density at radius 3 is 2.32 bits per heavy atom. The monoisotopic (exact) mass is 416 g/mol. The Morgan fingerprint density at radius 1 is 1.23 bits per heavy atom. The van der Waals surface area contributed by atoms with Gasteiger partial charge in [-0.1, -0.05) is 6.07 Å². The molecule has 2 rings (SSSR count). The van der Waals surface area contributed by atoms with Crippen LogP contribution in [0.15, 0.2) is 23.8 Å². The molecule has 1 aromatic rings. The first-order valence-electron chi connectivity index (χ1n) is 6.30. The predicted molar refractivity (Wildman–Crippen MR) is 84.7 cm³/mol. The number of cyclic esters (lactones) is 2. The number of benzene rings is 1. The number of carbonyl (C=O) groups excluding carboxylic acids is 3. The molecule has 0 amide bonds. The van der Waals surface area contributed by atoms with Gasteiger partial charge in [-0.2, -0.15) is 0 Å². The van der Waals surface area contributed by atoms with Gasteiger partial charge in [-0.3, -0.25) is 0 Å². The summed E-state index contributed by atoms with van der Waals surface area (Å²) in [4.78, 5) is 35.2. The average Bonchev–Trinajstić information content (AvgIpc) is 2.41. The van der Waals surface area contributed by atoms with Crippen LogP contribution in [0, 0.1) is 3.57 Å². The summed E-state index contributed by atoms with van der Waals surface area (Å²) in [6.07, 6.45) is 1.36. The van der Waals surface area contributed by atoms with Crippen molar-refractivity contribution in [2.24, 2.45) is 0 Å². The van der Waals surface area contributed by atoms with Gasteiger partial charge in [-0.25, -0.2) is 14.4 Å². The summed E-state index contributed by atoms with van der Waals surface area (Å²) in [5.74, 6) is -3.21. The minimum Gasteiger partial charge on any atom is -0.465 e. The molecule has 0 bridgehead atoms. The first-order chi connectivity index (χ1) is 10.2. The van der Waals surface area contributed by atoms with Crippen LogP contribution in [-0.2, 0) is 23.8 Å². The van der Waals surface area contributed by atoms with Gasteiger partial charge in [0, 0.05) is 17.4 Å². The van der Waals surface area contributed by atoms with E-state index in [1.165, 1.54) is 27.0 Å². The summed E-state index contributed by atoms with van der Waals surface area (Å²) >= 11 is 1.97. The highest BCUT2D eigenvalue weighted by Crippen LogP contribution is 2.25. The number of carbonyl (C=O) groups is 3. The van der Waals surface area contributed by atoms with Crippen molar-refractivity contribution in [3.63, 3.8) is 0 Å². The minimum absolute atomic E-state index is 0.194. The number of halogens is 1. The third kappa shape index (κ3) is 3.46. The van der Waals surface area contributed by atoms with Crippen LogP contribution in [0.2, 0.25) is 0 Å². The quantitative estimate of drug-likeness (QED) is 0.319. The molecule has 0 spiro atoms. The molecule has 0 atom stereocenters. The molecule has 1 aliphatic rings. The van der Waals surface area contributed by atoms with Gasteiger partial charge in [-0.05, 0) is 46.4 Å². The molecule has 0 aliphatic carbocycles.